The molecule has 0 fully saturated rings. The zero-order valence-electron chi connectivity index (χ0n) is 9.29. The Morgan fingerprint density at radius 1 is 1.47 bits per heavy atom. The van der Waals surface area contributed by atoms with E-state index in [4.69, 9.17) is 5.11 Å². The number of nitrogens with zero attached hydrogens (tertiary/aromatic N) is 1. The molecule has 94 valence electrons. The monoisotopic (exact) mass is 259 g/mol. The number of hydrogen-bond acceptors (Lipinski definition) is 4. The third-order valence-corrected chi connectivity index (χ3v) is 3.19. The maximum atomic E-state index is 11.5. The van der Waals surface area contributed by atoms with Crippen LogP contribution in [0.4, 0.5) is 0 Å². The van der Waals surface area contributed by atoms with Gasteiger partial charge in [-0.05, 0) is 12.5 Å². The van der Waals surface area contributed by atoms with Gasteiger partial charge in [0.25, 0.3) is 5.56 Å². The molecule has 0 atom stereocenters. The molecule has 0 aliphatic rings. The molecule has 0 radical (unpaired) electrons. The van der Waals surface area contributed by atoms with Crippen LogP contribution < -0.4 is 5.56 Å². The van der Waals surface area contributed by atoms with Crippen LogP contribution in [0.5, 0.6) is 0 Å². The summed E-state index contributed by atoms with van der Waals surface area (Å²) in [6.45, 7) is 0.256. The quantitative estimate of drug-likeness (QED) is 0.802. The largest absolute Gasteiger partial charge is 0.478 e. The van der Waals surface area contributed by atoms with E-state index in [0.717, 1.165) is 12.3 Å². The van der Waals surface area contributed by atoms with E-state index in [2.05, 4.69) is 0 Å². The third-order valence-electron chi connectivity index (χ3n) is 2.16. The maximum absolute atomic E-state index is 11.5. The minimum Gasteiger partial charge on any atom is -0.478 e. The summed E-state index contributed by atoms with van der Waals surface area (Å²) in [5.74, 6) is -1.16. The first-order chi connectivity index (χ1) is 7.79. The number of aromatic carboxylic acids is 1. The number of carbonyl (C=O) groups is 1. The molecule has 0 amide bonds. The first-order valence-corrected chi connectivity index (χ1v) is 6.97. The van der Waals surface area contributed by atoms with Gasteiger partial charge in [0.15, 0.2) is 0 Å². The van der Waals surface area contributed by atoms with Crippen LogP contribution in [0.1, 0.15) is 16.8 Å². The Morgan fingerprint density at radius 3 is 2.59 bits per heavy atom. The van der Waals surface area contributed by atoms with Crippen molar-refractivity contribution in [3.8, 4) is 0 Å². The standard InChI is InChI=1S/C10H13NO5S/c1-17(15,16)6-2-4-11-5-3-8(10(13)14)7-9(11)12/h3,5,7H,2,4,6H2,1H3,(H,13,14). The zero-order valence-corrected chi connectivity index (χ0v) is 10.1. The van der Waals surface area contributed by atoms with Crippen LogP contribution >= 0.6 is 0 Å². The van der Waals surface area contributed by atoms with Crippen LogP contribution in [0, 0.1) is 0 Å². The fourth-order valence-electron chi connectivity index (χ4n) is 1.32. The first-order valence-electron chi connectivity index (χ1n) is 4.91. The molecule has 0 bridgehead atoms. The molecular formula is C10H13NO5S. The van der Waals surface area contributed by atoms with Crippen molar-refractivity contribution in [2.45, 2.75) is 13.0 Å². The van der Waals surface area contributed by atoms with Crippen LogP contribution in [0.2, 0.25) is 0 Å². The topological polar surface area (TPSA) is 93.4 Å². The van der Waals surface area contributed by atoms with Crippen LogP contribution in [0.3, 0.4) is 0 Å². The number of sulfone groups is 1. The molecule has 0 aliphatic heterocycles. The zero-order chi connectivity index (χ0) is 13.1. The number of pyridine rings is 1. The van der Waals surface area contributed by atoms with E-state index < -0.39 is 21.4 Å². The summed E-state index contributed by atoms with van der Waals surface area (Å²) in [6, 6.07) is 2.33. The van der Waals surface area contributed by atoms with Crippen LogP contribution in [-0.4, -0.2) is 36.1 Å². The van der Waals surface area contributed by atoms with Gasteiger partial charge in [-0.3, -0.25) is 4.79 Å². The number of rotatable bonds is 5. The lowest BCUT2D eigenvalue weighted by atomic mass is 10.2. The first kappa shape index (κ1) is 13.4. The Labute approximate surface area is 98.4 Å². The van der Waals surface area contributed by atoms with Crippen molar-refractivity contribution in [1.29, 1.82) is 0 Å². The fraction of sp³-hybridized carbons (Fsp3) is 0.400. The number of carboxylic acids is 1. The number of carboxylic acid groups (broad SMARTS) is 1. The second kappa shape index (κ2) is 5.13. The second-order valence-electron chi connectivity index (χ2n) is 3.74. The molecule has 0 saturated carbocycles. The smallest absolute Gasteiger partial charge is 0.335 e. The summed E-state index contributed by atoms with van der Waals surface area (Å²) in [6.07, 6.45) is 2.81. The molecule has 7 heteroatoms. The molecular weight excluding hydrogens is 246 g/mol. The molecule has 1 aromatic heterocycles. The van der Waals surface area contributed by atoms with Crippen LogP contribution in [0.15, 0.2) is 23.1 Å². The predicted molar refractivity (Wildman–Crippen MR) is 62.0 cm³/mol. The van der Waals surface area contributed by atoms with Gasteiger partial charge >= 0.3 is 5.97 Å². The Balaban J connectivity index is 2.74. The van der Waals surface area contributed by atoms with Gasteiger partial charge in [0.2, 0.25) is 0 Å². The molecule has 1 rings (SSSR count). The maximum Gasteiger partial charge on any atom is 0.335 e. The van der Waals surface area contributed by atoms with Gasteiger partial charge in [-0.2, -0.15) is 0 Å². The average Bonchev–Trinajstić information content (AvgIpc) is 2.18. The van der Waals surface area contributed by atoms with E-state index in [-0.39, 0.29) is 17.9 Å². The minimum absolute atomic E-state index is 0.000121. The fourth-order valence-corrected chi connectivity index (χ4v) is 1.98. The Bertz CT molecular complexity index is 573. The minimum atomic E-state index is -3.04. The van der Waals surface area contributed by atoms with Gasteiger partial charge in [-0.25, -0.2) is 13.2 Å². The van der Waals surface area contributed by atoms with Crippen molar-refractivity contribution in [3.05, 3.63) is 34.2 Å². The van der Waals surface area contributed by atoms with E-state index in [1.54, 1.807) is 0 Å². The van der Waals surface area contributed by atoms with Gasteiger partial charge in [0.1, 0.15) is 9.84 Å². The second-order valence-corrected chi connectivity index (χ2v) is 6.00. The van der Waals surface area contributed by atoms with Gasteiger partial charge < -0.3 is 9.67 Å². The summed E-state index contributed by atoms with van der Waals surface area (Å²) in [5.41, 5.74) is -0.521. The summed E-state index contributed by atoms with van der Waals surface area (Å²) >= 11 is 0. The molecule has 0 unspecified atom stereocenters. The van der Waals surface area contributed by atoms with Crippen LogP contribution in [0.25, 0.3) is 0 Å². The highest BCUT2D eigenvalue weighted by atomic mass is 32.2. The molecule has 0 spiro atoms. The van der Waals surface area contributed by atoms with Crippen molar-refractivity contribution in [2.24, 2.45) is 0 Å². The van der Waals surface area contributed by atoms with Crippen molar-refractivity contribution in [3.63, 3.8) is 0 Å². The highest BCUT2D eigenvalue weighted by molar-refractivity contribution is 7.90. The van der Waals surface area contributed by atoms with Gasteiger partial charge in [0.05, 0.1) is 11.3 Å². The van der Waals surface area contributed by atoms with Gasteiger partial charge in [-0.1, -0.05) is 0 Å². The lowest BCUT2D eigenvalue weighted by Crippen LogP contribution is -2.21. The van der Waals surface area contributed by atoms with E-state index in [9.17, 15) is 18.0 Å². The highest BCUT2D eigenvalue weighted by Gasteiger charge is 2.06. The van der Waals surface area contributed by atoms with Crippen molar-refractivity contribution < 1.29 is 18.3 Å². The molecule has 0 saturated heterocycles. The van der Waals surface area contributed by atoms with E-state index in [1.165, 1.54) is 16.8 Å². The highest BCUT2D eigenvalue weighted by Crippen LogP contribution is 1.97. The van der Waals surface area contributed by atoms with Crippen molar-refractivity contribution in [2.75, 3.05) is 12.0 Å². The molecule has 1 N–H and O–H groups in total. The summed E-state index contributed by atoms with van der Waals surface area (Å²) in [5, 5.41) is 8.66. The SMILES string of the molecule is CS(=O)(=O)CCCn1ccc(C(=O)O)cc1=O. The molecule has 17 heavy (non-hydrogen) atoms. The Kier molecular flexibility index (Phi) is 4.06. The van der Waals surface area contributed by atoms with Gasteiger partial charge in [-0.15, -0.1) is 0 Å². The molecule has 0 aliphatic carbocycles. The summed E-state index contributed by atoms with van der Waals surface area (Å²) in [4.78, 5) is 22.0. The van der Waals surface area contributed by atoms with Crippen molar-refractivity contribution >= 4 is 15.8 Å². The summed E-state index contributed by atoms with van der Waals surface area (Å²) in [7, 11) is -3.04. The summed E-state index contributed by atoms with van der Waals surface area (Å²) < 4.78 is 23.1. The normalized spacial score (nSPS) is 11.4. The van der Waals surface area contributed by atoms with Crippen molar-refractivity contribution in [1.82, 2.24) is 4.57 Å². The van der Waals surface area contributed by atoms with E-state index >= 15 is 0 Å². The average molecular weight is 259 g/mol. The number of hydrogen-bond donors (Lipinski definition) is 1. The lowest BCUT2D eigenvalue weighted by Gasteiger charge is -2.04. The molecule has 1 heterocycles. The third kappa shape index (κ3) is 4.39. The van der Waals surface area contributed by atoms with E-state index in [1.807, 2.05) is 0 Å². The predicted octanol–water partition coefficient (Wildman–Crippen LogP) is -0.0188. The molecule has 1 aromatic rings. The molecule has 6 nitrogen and oxygen atoms in total. The van der Waals surface area contributed by atoms with Crippen LogP contribution in [-0.2, 0) is 16.4 Å². The Morgan fingerprint density at radius 2 is 2.12 bits per heavy atom. The number of aromatic nitrogens is 1. The molecule has 0 aromatic carbocycles. The Hall–Kier alpha value is -1.63. The van der Waals surface area contributed by atoms with E-state index in [0.29, 0.717) is 6.42 Å². The van der Waals surface area contributed by atoms with Gasteiger partial charge in [0, 0.05) is 25.1 Å². The number of aryl methyl sites for hydroxylation is 1. The lowest BCUT2D eigenvalue weighted by molar-refractivity contribution is 0.0696.